The van der Waals surface area contributed by atoms with Gasteiger partial charge in [-0.3, -0.25) is 9.58 Å². The number of rotatable bonds is 7. The van der Waals surface area contributed by atoms with Gasteiger partial charge in [-0.05, 0) is 48.2 Å². The third-order valence-electron chi connectivity index (χ3n) is 4.11. The number of nitrogens with zero attached hydrogens (tertiary/aromatic N) is 3. The summed E-state index contributed by atoms with van der Waals surface area (Å²) in [4.78, 5) is 2.49. The Bertz CT molecular complexity index is 441. The maximum Gasteiger partial charge on any atom is 0.0767 e. The first kappa shape index (κ1) is 16.9. The molecule has 1 aliphatic heterocycles. The van der Waals surface area contributed by atoms with E-state index < -0.39 is 0 Å². The second kappa shape index (κ2) is 8.27. The highest BCUT2D eigenvalue weighted by atomic mass is 79.9. The van der Waals surface area contributed by atoms with E-state index >= 15 is 0 Å². The molecule has 2 heterocycles. The summed E-state index contributed by atoms with van der Waals surface area (Å²) in [6, 6.07) is 0. The van der Waals surface area contributed by atoms with Crippen LogP contribution in [0, 0.1) is 0 Å². The summed E-state index contributed by atoms with van der Waals surface area (Å²) in [5.74, 6) is 0. The van der Waals surface area contributed by atoms with Gasteiger partial charge in [-0.25, -0.2) is 0 Å². The second-order valence-electron chi connectivity index (χ2n) is 5.67. The van der Waals surface area contributed by atoms with Gasteiger partial charge >= 0.3 is 0 Å². The van der Waals surface area contributed by atoms with Crippen molar-refractivity contribution < 1.29 is 4.74 Å². The zero-order valence-electron chi connectivity index (χ0n) is 13.1. The molecule has 5 nitrogen and oxygen atoms in total. The van der Waals surface area contributed by atoms with Crippen LogP contribution in [-0.2, 0) is 24.8 Å². The van der Waals surface area contributed by atoms with Crippen molar-refractivity contribution >= 4 is 15.9 Å². The van der Waals surface area contributed by atoms with Gasteiger partial charge in [-0.15, -0.1) is 0 Å². The molecule has 0 aliphatic carbocycles. The van der Waals surface area contributed by atoms with E-state index in [0.29, 0.717) is 12.6 Å². The summed E-state index contributed by atoms with van der Waals surface area (Å²) in [5, 5.41) is 4.57. The molecule has 0 radical (unpaired) electrons. The molecule has 1 saturated heterocycles. The van der Waals surface area contributed by atoms with Crippen LogP contribution < -0.4 is 5.73 Å². The molecule has 2 rings (SSSR count). The SMILES string of the molecule is CCc1nn(C)c(CN2CCC(OCCCN)CC2)c1Br. The van der Waals surface area contributed by atoms with E-state index in [1.807, 2.05) is 11.7 Å². The maximum absolute atomic E-state index is 5.86. The fraction of sp³-hybridized carbons (Fsp3) is 0.800. The smallest absolute Gasteiger partial charge is 0.0767 e. The van der Waals surface area contributed by atoms with Crippen LogP contribution >= 0.6 is 15.9 Å². The van der Waals surface area contributed by atoms with Crippen molar-refractivity contribution in [2.24, 2.45) is 12.8 Å². The largest absolute Gasteiger partial charge is 0.378 e. The molecule has 0 aromatic carbocycles. The molecule has 0 bridgehead atoms. The van der Waals surface area contributed by atoms with Gasteiger partial charge in [0.25, 0.3) is 0 Å². The molecule has 2 N–H and O–H groups in total. The van der Waals surface area contributed by atoms with Crippen molar-refractivity contribution in [3.8, 4) is 0 Å². The van der Waals surface area contributed by atoms with Crippen molar-refractivity contribution in [2.45, 2.75) is 45.3 Å². The number of piperidine rings is 1. The van der Waals surface area contributed by atoms with Crippen molar-refractivity contribution in [3.05, 3.63) is 15.9 Å². The van der Waals surface area contributed by atoms with Gasteiger partial charge in [0.15, 0.2) is 0 Å². The molecule has 0 saturated carbocycles. The van der Waals surface area contributed by atoms with Gasteiger partial charge in [0.05, 0.1) is 22.0 Å². The van der Waals surface area contributed by atoms with E-state index in [1.165, 1.54) is 10.2 Å². The first-order valence-corrected chi connectivity index (χ1v) is 8.69. The summed E-state index contributed by atoms with van der Waals surface area (Å²) >= 11 is 3.70. The van der Waals surface area contributed by atoms with E-state index in [2.05, 4.69) is 32.9 Å². The van der Waals surface area contributed by atoms with E-state index in [9.17, 15) is 0 Å². The van der Waals surface area contributed by atoms with Crippen LogP contribution in [-0.4, -0.2) is 47.0 Å². The van der Waals surface area contributed by atoms with Crippen LogP contribution in [0.3, 0.4) is 0 Å². The number of aryl methyl sites for hydroxylation is 2. The highest BCUT2D eigenvalue weighted by Crippen LogP contribution is 2.24. The van der Waals surface area contributed by atoms with Crippen LogP contribution in [0.5, 0.6) is 0 Å². The van der Waals surface area contributed by atoms with E-state index in [0.717, 1.165) is 57.6 Å². The molecule has 120 valence electrons. The Labute approximate surface area is 135 Å². The Morgan fingerprint density at radius 1 is 1.38 bits per heavy atom. The van der Waals surface area contributed by atoms with E-state index in [1.54, 1.807) is 0 Å². The molecule has 1 fully saturated rings. The lowest BCUT2D eigenvalue weighted by Gasteiger charge is -2.31. The molecular formula is C15H27BrN4O. The summed E-state index contributed by atoms with van der Waals surface area (Å²) in [6.07, 6.45) is 4.56. The number of hydrogen-bond donors (Lipinski definition) is 1. The van der Waals surface area contributed by atoms with Crippen LogP contribution in [0.25, 0.3) is 0 Å². The highest BCUT2D eigenvalue weighted by molar-refractivity contribution is 9.10. The normalized spacial score (nSPS) is 17.5. The van der Waals surface area contributed by atoms with Gasteiger partial charge in [-0.1, -0.05) is 6.92 Å². The van der Waals surface area contributed by atoms with Crippen molar-refractivity contribution in [1.82, 2.24) is 14.7 Å². The lowest BCUT2D eigenvalue weighted by atomic mass is 10.1. The van der Waals surface area contributed by atoms with Crippen LogP contribution in [0.4, 0.5) is 0 Å². The minimum absolute atomic E-state index is 0.411. The fourth-order valence-electron chi connectivity index (χ4n) is 2.77. The Morgan fingerprint density at radius 3 is 2.67 bits per heavy atom. The lowest BCUT2D eigenvalue weighted by Crippen LogP contribution is -2.37. The van der Waals surface area contributed by atoms with Crippen molar-refractivity contribution in [3.63, 3.8) is 0 Å². The number of halogens is 1. The Hall–Kier alpha value is -0.430. The van der Waals surface area contributed by atoms with E-state index in [-0.39, 0.29) is 0 Å². The number of nitrogens with two attached hydrogens (primary N) is 1. The predicted octanol–water partition coefficient (Wildman–Crippen LogP) is 2.07. The van der Waals surface area contributed by atoms with Gasteiger partial charge in [0, 0.05) is 33.3 Å². The molecule has 0 spiro atoms. The summed E-state index contributed by atoms with van der Waals surface area (Å²) in [5.41, 5.74) is 7.91. The van der Waals surface area contributed by atoms with Crippen LogP contribution in [0.1, 0.15) is 37.6 Å². The van der Waals surface area contributed by atoms with Crippen molar-refractivity contribution in [1.29, 1.82) is 0 Å². The molecule has 0 amide bonds. The molecular weight excluding hydrogens is 332 g/mol. The van der Waals surface area contributed by atoms with Gasteiger partial charge in [0.1, 0.15) is 0 Å². The average molecular weight is 359 g/mol. The fourth-order valence-corrected chi connectivity index (χ4v) is 3.51. The Kier molecular flexibility index (Phi) is 6.67. The summed E-state index contributed by atoms with van der Waals surface area (Å²) < 4.78 is 9.04. The first-order chi connectivity index (χ1) is 10.2. The number of ether oxygens (including phenoxy) is 1. The van der Waals surface area contributed by atoms with Gasteiger partial charge in [0.2, 0.25) is 0 Å². The minimum atomic E-state index is 0.411. The Morgan fingerprint density at radius 2 is 2.10 bits per heavy atom. The first-order valence-electron chi connectivity index (χ1n) is 7.90. The zero-order chi connectivity index (χ0) is 15.2. The van der Waals surface area contributed by atoms with Crippen molar-refractivity contribution in [2.75, 3.05) is 26.2 Å². The Balaban J connectivity index is 1.82. The third-order valence-corrected chi connectivity index (χ3v) is 5.03. The average Bonchev–Trinajstić information content (AvgIpc) is 2.76. The molecule has 21 heavy (non-hydrogen) atoms. The monoisotopic (exact) mass is 358 g/mol. The predicted molar refractivity (Wildman–Crippen MR) is 88.2 cm³/mol. The quantitative estimate of drug-likeness (QED) is 0.758. The summed E-state index contributed by atoms with van der Waals surface area (Å²) in [7, 11) is 2.03. The minimum Gasteiger partial charge on any atom is -0.378 e. The third kappa shape index (κ3) is 4.52. The molecule has 0 atom stereocenters. The van der Waals surface area contributed by atoms with Crippen LogP contribution in [0.15, 0.2) is 4.47 Å². The van der Waals surface area contributed by atoms with Gasteiger partial charge in [-0.2, -0.15) is 5.10 Å². The molecule has 1 aromatic rings. The number of likely N-dealkylation sites (tertiary alicyclic amines) is 1. The molecule has 1 aliphatic rings. The molecule has 6 heteroatoms. The standard InChI is InChI=1S/C15H27BrN4O/c1-3-13-15(16)14(19(2)18-13)11-20-8-5-12(6-9-20)21-10-4-7-17/h12H,3-11,17H2,1-2H3. The number of hydrogen-bond acceptors (Lipinski definition) is 4. The summed E-state index contributed by atoms with van der Waals surface area (Å²) in [6.45, 7) is 6.79. The van der Waals surface area contributed by atoms with Crippen LogP contribution in [0.2, 0.25) is 0 Å². The topological polar surface area (TPSA) is 56.3 Å². The maximum atomic E-state index is 5.86. The second-order valence-corrected chi connectivity index (χ2v) is 6.47. The zero-order valence-corrected chi connectivity index (χ0v) is 14.7. The molecule has 0 unspecified atom stereocenters. The lowest BCUT2D eigenvalue weighted by molar-refractivity contribution is 0.00518. The number of aromatic nitrogens is 2. The highest BCUT2D eigenvalue weighted by Gasteiger charge is 2.22. The molecule has 1 aromatic heterocycles. The van der Waals surface area contributed by atoms with Gasteiger partial charge < -0.3 is 10.5 Å². The van der Waals surface area contributed by atoms with E-state index in [4.69, 9.17) is 10.5 Å².